The molecule has 1 aliphatic heterocycles. The Morgan fingerprint density at radius 3 is 2.89 bits per heavy atom. The fourth-order valence-electron chi connectivity index (χ4n) is 1.78. The van der Waals surface area contributed by atoms with Crippen molar-refractivity contribution >= 4 is 22.5 Å². The van der Waals surface area contributed by atoms with Crippen LogP contribution in [0.15, 0.2) is 18.2 Å². The molecule has 0 unspecified atom stereocenters. The van der Waals surface area contributed by atoms with Crippen LogP contribution in [0, 0.1) is 11.2 Å². The van der Waals surface area contributed by atoms with Gasteiger partial charge in [0.15, 0.2) is 11.3 Å². The zero-order valence-electron chi connectivity index (χ0n) is 9.66. The van der Waals surface area contributed by atoms with E-state index in [2.05, 4.69) is 20.8 Å². The van der Waals surface area contributed by atoms with E-state index in [-0.39, 0.29) is 5.49 Å². The first-order chi connectivity index (χ1) is 8.67. The smallest absolute Gasteiger partial charge is 0.174 e. The van der Waals surface area contributed by atoms with Gasteiger partial charge in [-0.1, -0.05) is 0 Å². The Bertz CT molecular complexity index is 686. The molecule has 6 nitrogen and oxygen atoms in total. The van der Waals surface area contributed by atoms with Gasteiger partial charge in [-0.05, 0) is 19.1 Å². The normalized spacial score (nSPS) is 14.1. The van der Waals surface area contributed by atoms with Crippen LogP contribution in [0.2, 0.25) is 0 Å². The summed E-state index contributed by atoms with van der Waals surface area (Å²) in [5.74, 6) is 0.134. The summed E-state index contributed by atoms with van der Waals surface area (Å²) in [5.41, 5.74) is 7.41. The summed E-state index contributed by atoms with van der Waals surface area (Å²) in [6.45, 7) is 2.66. The highest BCUT2D eigenvalue weighted by Crippen LogP contribution is 2.22. The van der Waals surface area contributed by atoms with Crippen molar-refractivity contribution in [1.29, 1.82) is 5.41 Å². The summed E-state index contributed by atoms with van der Waals surface area (Å²) in [5, 5.41) is 9.59. The van der Waals surface area contributed by atoms with Crippen LogP contribution >= 0.6 is 0 Å². The van der Waals surface area contributed by atoms with Crippen LogP contribution in [0.5, 0.6) is 0 Å². The van der Waals surface area contributed by atoms with Crippen LogP contribution in [-0.2, 0) is 0 Å². The highest BCUT2D eigenvalue weighted by atomic mass is 19.1. The third-order valence-corrected chi connectivity index (χ3v) is 2.68. The Kier molecular flexibility index (Phi) is 2.34. The first-order valence-electron chi connectivity index (χ1n) is 5.54. The molecule has 0 bridgehead atoms. The van der Waals surface area contributed by atoms with Gasteiger partial charge in [-0.15, -0.1) is 5.12 Å². The van der Waals surface area contributed by atoms with E-state index in [4.69, 9.17) is 5.41 Å². The Morgan fingerprint density at radius 1 is 1.28 bits per heavy atom. The average Bonchev–Trinajstić information content (AvgIpc) is 2.71. The Morgan fingerprint density at radius 2 is 2.11 bits per heavy atom. The first-order valence-corrected chi connectivity index (χ1v) is 5.54. The van der Waals surface area contributed by atoms with E-state index in [1.54, 1.807) is 11.2 Å². The standard InChI is InChI=1S/C11H11FN6/c1-2-18-16-9-10(13)14-8-5-6(12)3-4-7(8)15-11(9)17-18/h3-5,13,16-17H,2H2,1H3. The lowest BCUT2D eigenvalue weighted by Gasteiger charge is -2.12. The molecular weight excluding hydrogens is 235 g/mol. The third-order valence-electron chi connectivity index (χ3n) is 2.68. The second-order valence-electron chi connectivity index (χ2n) is 3.90. The molecule has 1 aromatic heterocycles. The monoisotopic (exact) mass is 246 g/mol. The predicted molar refractivity (Wildman–Crippen MR) is 65.0 cm³/mol. The van der Waals surface area contributed by atoms with Crippen LogP contribution in [0.1, 0.15) is 6.92 Å². The molecule has 2 aromatic rings. The summed E-state index contributed by atoms with van der Waals surface area (Å²) < 4.78 is 13.1. The Balaban J connectivity index is 2.28. The van der Waals surface area contributed by atoms with Crippen molar-refractivity contribution in [2.24, 2.45) is 0 Å². The maximum absolute atomic E-state index is 13.1. The zero-order valence-corrected chi connectivity index (χ0v) is 9.66. The van der Waals surface area contributed by atoms with Crippen LogP contribution in [0.4, 0.5) is 15.9 Å². The molecule has 0 spiro atoms. The second-order valence-corrected chi connectivity index (χ2v) is 3.90. The minimum absolute atomic E-state index is 0.0292. The molecule has 0 aliphatic carbocycles. The quantitative estimate of drug-likeness (QED) is 0.705. The van der Waals surface area contributed by atoms with E-state index in [1.807, 2.05) is 6.92 Å². The number of halogens is 1. The Hall–Kier alpha value is -2.28. The number of aromatic nitrogens is 2. The maximum atomic E-state index is 13.1. The molecule has 0 radical (unpaired) electrons. The van der Waals surface area contributed by atoms with Crippen LogP contribution in [0.3, 0.4) is 0 Å². The molecule has 3 rings (SSSR count). The molecule has 7 heteroatoms. The van der Waals surface area contributed by atoms with Crippen molar-refractivity contribution in [3.8, 4) is 0 Å². The van der Waals surface area contributed by atoms with Crippen LogP contribution < -0.4 is 16.3 Å². The van der Waals surface area contributed by atoms with E-state index < -0.39 is 5.82 Å². The fraction of sp³-hybridized carbons (Fsp3) is 0.182. The van der Waals surface area contributed by atoms with Gasteiger partial charge in [0.1, 0.15) is 11.5 Å². The predicted octanol–water partition coefficient (Wildman–Crippen LogP) is 1.24. The lowest BCUT2D eigenvalue weighted by atomic mass is 10.3. The molecule has 18 heavy (non-hydrogen) atoms. The summed E-state index contributed by atoms with van der Waals surface area (Å²) >= 11 is 0. The number of rotatable bonds is 1. The lowest BCUT2D eigenvalue weighted by molar-refractivity contribution is 0.434. The number of hydrazine groups is 2. The molecule has 1 aromatic carbocycles. The molecule has 1 aliphatic rings. The summed E-state index contributed by atoms with van der Waals surface area (Å²) in [6, 6.07) is 4.15. The van der Waals surface area contributed by atoms with Gasteiger partial charge in [0, 0.05) is 12.6 Å². The van der Waals surface area contributed by atoms with Gasteiger partial charge < -0.3 is 0 Å². The van der Waals surface area contributed by atoms with E-state index in [0.717, 1.165) is 0 Å². The van der Waals surface area contributed by atoms with Gasteiger partial charge in [-0.2, -0.15) is 0 Å². The van der Waals surface area contributed by atoms with Gasteiger partial charge >= 0.3 is 0 Å². The van der Waals surface area contributed by atoms with Crippen molar-refractivity contribution in [3.05, 3.63) is 29.5 Å². The molecule has 0 atom stereocenters. The van der Waals surface area contributed by atoms with Crippen molar-refractivity contribution in [2.75, 3.05) is 17.4 Å². The molecule has 0 saturated carbocycles. The summed E-state index contributed by atoms with van der Waals surface area (Å²) in [4.78, 5) is 8.43. The minimum atomic E-state index is -0.390. The highest BCUT2D eigenvalue weighted by molar-refractivity contribution is 5.78. The number of hydrogen-bond donors (Lipinski definition) is 3. The molecule has 0 amide bonds. The van der Waals surface area contributed by atoms with Gasteiger partial charge in [0.25, 0.3) is 0 Å². The fourth-order valence-corrected chi connectivity index (χ4v) is 1.78. The SMILES string of the molecule is CCN1Nc2nc3ccc(F)cc3nc(=N)c2N1. The lowest BCUT2D eigenvalue weighted by Crippen LogP contribution is -2.30. The van der Waals surface area contributed by atoms with E-state index in [0.29, 0.717) is 29.1 Å². The first kappa shape index (κ1) is 10.8. The minimum Gasteiger partial charge on any atom is -0.295 e. The van der Waals surface area contributed by atoms with Gasteiger partial charge in [0.05, 0.1) is 11.0 Å². The summed E-state index contributed by atoms with van der Waals surface area (Å²) in [7, 11) is 0. The molecular formula is C11H11FN6. The average molecular weight is 246 g/mol. The number of anilines is 2. The van der Waals surface area contributed by atoms with Crippen molar-refractivity contribution in [1.82, 2.24) is 15.1 Å². The van der Waals surface area contributed by atoms with E-state index in [1.165, 1.54) is 12.1 Å². The van der Waals surface area contributed by atoms with Gasteiger partial charge in [0.2, 0.25) is 0 Å². The topological polar surface area (TPSA) is 76.9 Å². The van der Waals surface area contributed by atoms with E-state index in [9.17, 15) is 4.39 Å². The van der Waals surface area contributed by atoms with Crippen molar-refractivity contribution in [2.45, 2.75) is 6.92 Å². The second kappa shape index (κ2) is 3.88. The summed E-state index contributed by atoms with van der Waals surface area (Å²) in [6.07, 6.45) is 0. The molecule has 92 valence electrons. The van der Waals surface area contributed by atoms with Crippen molar-refractivity contribution < 1.29 is 4.39 Å². The van der Waals surface area contributed by atoms with Crippen molar-refractivity contribution in [3.63, 3.8) is 0 Å². The molecule has 0 saturated heterocycles. The van der Waals surface area contributed by atoms with Gasteiger partial charge in [-0.25, -0.2) is 14.4 Å². The molecule has 3 N–H and O–H groups in total. The molecule has 2 heterocycles. The number of benzene rings is 1. The third kappa shape index (κ3) is 1.65. The van der Waals surface area contributed by atoms with Gasteiger partial charge in [-0.3, -0.25) is 16.3 Å². The van der Waals surface area contributed by atoms with Crippen LogP contribution in [-0.4, -0.2) is 21.6 Å². The number of fused-ring (bicyclic) bond motifs is 2. The number of nitrogens with one attached hydrogen (secondary N) is 3. The largest absolute Gasteiger partial charge is 0.295 e. The number of hydrogen-bond acceptors (Lipinski definition) is 6. The highest BCUT2D eigenvalue weighted by Gasteiger charge is 2.19. The maximum Gasteiger partial charge on any atom is 0.174 e. The number of nitrogens with zero attached hydrogens (tertiary/aromatic N) is 3. The zero-order chi connectivity index (χ0) is 12.7. The van der Waals surface area contributed by atoms with Crippen LogP contribution in [0.25, 0.3) is 11.0 Å². The van der Waals surface area contributed by atoms with E-state index >= 15 is 0 Å². The Labute approximate surface area is 102 Å². The molecule has 0 fully saturated rings.